The lowest BCUT2D eigenvalue weighted by molar-refractivity contribution is 0.237. The van der Waals surface area contributed by atoms with Gasteiger partial charge in [0.25, 0.3) is 0 Å². The highest BCUT2D eigenvalue weighted by atomic mass is 19.2. The molecule has 0 unspecified atom stereocenters. The van der Waals surface area contributed by atoms with Crippen molar-refractivity contribution in [3.63, 3.8) is 0 Å². The van der Waals surface area contributed by atoms with Crippen molar-refractivity contribution >= 4 is 0 Å². The molecular weight excluding hydrogens is 309 g/mol. The normalized spacial score (nSPS) is 31.2. The van der Waals surface area contributed by atoms with Crippen molar-refractivity contribution < 1.29 is 13.2 Å². The zero-order valence-electron chi connectivity index (χ0n) is 14.7. The van der Waals surface area contributed by atoms with Gasteiger partial charge in [-0.15, -0.1) is 0 Å². The maximum Gasteiger partial charge on any atom is 0.194 e. The van der Waals surface area contributed by atoms with Gasteiger partial charge in [-0.1, -0.05) is 45.4 Å². The molecule has 3 rings (SSSR count). The lowest BCUT2D eigenvalue weighted by atomic mass is 9.74. The van der Waals surface area contributed by atoms with Crippen LogP contribution >= 0.6 is 0 Å². The number of benzene rings is 1. The summed E-state index contributed by atoms with van der Waals surface area (Å²) in [5.74, 6) is -0.698. The van der Waals surface area contributed by atoms with Crippen molar-refractivity contribution in [2.45, 2.75) is 77.0 Å². The summed E-state index contributed by atoms with van der Waals surface area (Å²) in [4.78, 5) is 0. The Balaban J connectivity index is 1.46. The maximum absolute atomic E-state index is 13.4. The zero-order chi connectivity index (χ0) is 17.1. The Kier molecular flexibility index (Phi) is 5.89. The molecule has 0 spiro atoms. The van der Waals surface area contributed by atoms with Crippen LogP contribution in [-0.2, 0) is 0 Å². The molecule has 0 radical (unpaired) electrons. The van der Waals surface area contributed by atoms with Crippen molar-refractivity contribution in [3.05, 3.63) is 35.1 Å². The molecule has 0 nitrogen and oxygen atoms in total. The van der Waals surface area contributed by atoms with Crippen LogP contribution < -0.4 is 0 Å². The van der Waals surface area contributed by atoms with E-state index in [1.54, 1.807) is 0 Å². The van der Waals surface area contributed by atoms with E-state index in [2.05, 4.69) is 6.92 Å². The van der Waals surface area contributed by atoms with E-state index < -0.39 is 17.5 Å². The van der Waals surface area contributed by atoms with Crippen LogP contribution in [0.3, 0.4) is 0 Å². The van der Waals surface area contributed by atoms with Gasteiger partial charge in [0.05, 0.1) is 0 Å². The fraction of sp³-hybridized carbons (Fsp3) is 0.714. The maximum atomic E-state index is 13.4. The second-order valence-electron chi connectivity index (χ2n) is 8.22. The summed E-state index contributed by atoms with van der Waals surface area (Å²) in [5, 5.41) is 0. The number of hydrogen-bond acceptors (Lipinski definition) is 0. The lowest BCUT2D eigenvalue weighted by Gasteiger charge is -2.31. The van der Waals surface area contributed by atoms with Crippen LogP contribution in [-0.4, -0.2) is 0 Å². The first-order chi connectivity index (χ1) is 11.5. The summed E-state index contributed by atoms with van der Waals surface area (Å²) in [5.41, 5.74) is 0.631. The molecule has 134 valence electrons. The standard InChI is InChI=1S/C21H29F3/c1-14-2-4-15(5-3-14)6-7-16-8-10-17(11-9-16)18-12-19(22)21(24)20(23)13-18/h12-17H,2-11H2,1H3/t14-,15-,16-,17-. The van der Waals surface area contributed by atoms with Gasteiger partial charge in [-0.2, -0.15) is 0 Å². The number of halogens is 3. The van der Waals surface area contributed by atoms with Gasteiger partial charge in [0, 0.05) is 0 Å². The molecule has 1 aromatic rings. The molecule has 2 aliphatic carbocycles. The molecule has 0 amide bonds. The first-order valence-corrected chi connectivity index (χ1v) is 9.67. The molecule has 1 aromatic carbocycles. The van der Waals surface area contributed by atoms with E-state index >= 15 is 0 Å². The predicted molar refractivity (Wildman–Crippen MR) is 91.4 cm³/mol. The predicted octanol–water partition coefficient (Wildman–Crippen LogP) is 6.98. The summed E-state index contributed by atoms with van der Waals surface area (Å²) >= 11 is 0. The molecule has 0 bridgehead atoms. The minimum absolute atomic E-state index is 0.182. The average Bonchev–Trinajstić information content (AvgIpc) is 2.59. The molecule has 0 aliphatic heterocycles. The minimum Gasteiger partial charge on any atom is -0.204 e. The molecule has 24 heavy (non-hydrogen) atoms. The van der Waals surface area contributed by atoms with Gasteiger partial charge in [-0.25, -0.2) is 13.2 Å². The molecule has 0 atom stereocenters. The van der Waals surface area contributed by atoms with E-state index in [-0.39, 0.29) is 5.92 Å². The van der Waals surface area contributed by atoms with Gasteiger partial charge in [-0.3, -0.25) is 0 Å². The molecular formula is C21H29F3. The van der Waals surface area contributed by atoms with Gasteiger partial charge in [0.1, 0.15) is 0 Å². The quantitative estimate of drug-likeness (QED) is 0.519. The first-order valence-electron chi connectivity index (χ1n) is 9.67. The summed E-state index contributed by atoms with van der Waals surface area (Å²) in [6, 6.07) is 2.37. The third-order valence-corrected chi connectivity index (χ3v) is 6.44. The number of rotatable bonds is 4. The van der Waals surface area contributed by atoms with Crippen LogP contribution in [0.25, 0.3) is 0 Å². The second-order valence-corrected chi connectivity index (χ2v) is 8.22. The molecule has 0 N–H and O–H groups in total. The Morgan fingerprint density at radius 3 is 1.71 bits per heavy atom. The summed E-state index contributed by atoms with van der Waals surface area (Å²) in [6.07, 6.45) is 12.4. The largest absolute Gasteiger partial charge is 0.204 e. The summed E-state index contributed by atoms with van der Waals surface area (Å²) in [6.45, 7) is 2.36. The zero-order valence-corrected chi connectivity index (χ0v) is 14.7. The summed E-state index contributed by atoms with van der Waals surface area (Å²) in [7, 11) is 0. The molecule has 2 fully saturated rings. The highest BCUT2D eigenvalue weighted by Gasteiger charge is 2.25. The van der Waals surface area contributed by atoms with Crippen molar-refractivity contribution in [1.29, 1.82) is 0 Å². The molecule has 0 heterocycles. The van der Waals surface area contributed by atoms with E-state index in [0.717, 1.165) is 43.4 Å². The smallest absolute Gasteiger partial charge is 0.194 e. The summed E-state index contributed by atoms with van der Waals surface area (Å²) < 4.78 is 39.9. The van der Waals surface area contributed by atoms with Gasteiger partial charge >= 0.3 is 0 Å². The number of hydrogen-bond donors (Lipinski definition) is 0. The van der Waals surface area contributed by atoms with Crippen molar-refractivity contribution in [1.82, 2.24) is 0 Å². The third-order valence-electron chi connectivity index (χ3n) is 6.44. The fourth-order valence-corrected chi connectivity index (χ4v) is 4.68. The molecule has 3 heteroatoms. The molecule has 2 saturated carbocycles. The van der Waals surface area contributed by atoms with E-state index in [9.17, 15) is 13.2 Å². The topological polar surface area (TPSA) is 0 Å². The van der Waals surface area contributed by atoms with Crippen LogP contribution in [0.15, 0.2) is 12.1 Å². The van der Waals surface area contributed by atoms with Crippen LogP contribution in [0.5, 0.6) is 0 Å². The Hall–Kier alpha value is -0.990. The highest BCUT2D eigenvalue weighted by Crippen LogP contribution is 2.40. The second kappa shape index (κ2) is 7.93. The SMILES string of the molecule is C[C@H]1CC[C@H](CC[C@H]2CC[C@H](c3cc(F)c(F)c(F)c3)CC2)CC1. The van der Waals surface area contributed by atoms with Crippen LogP contribution in [0.2, 0.25) is 0 Å². The van der Waals surface area contributed by atoms with Gasteiger partial charge < -0.3 is 0 Å². The molecule has 2 aliphatic rings. The Labute approximate surface area is 143 Å². The Morgan fingerprint density at radius 1 is 0.750 bits per heavy atom. The van der Waals surface area contributed by atoms with E-state index in [1.165, 1.54) is 50.7 Å². The minimum atomic E-state index is -1.35. The molecule has 0 aromatic heterocycles. The van der Waals surface area contributed by atoms with Crippen molar-refractivity contribution in [3.8, 4) is 0 Å². The third kappa shape index (κ3) is 4.34. The van der Waals surface area contributed by atoms with Crippen LogP contribution in [0.4, 0.5) is 13.2 Å². The van der Waals surface area contributed by atoms with Crippen LogP contribution in [0, 0.1) is 35.2 Å². The van der Waals surface area contributed by atoms with Crippen LogP contribution in [0.1, 0.15) is 82.6 Å². The Morgan fingerprint density at radius 2 is 1.21 bits per heavy atom. The van der Waals surface area contributed by atoms with Crippen molar-refractivity contribution in [2.75, 3.05) is 0 Å². The fourth-order valence-electron chi connectivity index (χ4n) is 4.68. The van der Waals surface area contributed by atoms with Gasteiger partial charge in [0.15, 0.2) is 17.5 Å². The van der Waals surface area contributed by atoms with Crippen molar-refractivity contribution in [2.24, 2.45) is 17.8 Å². The lowest BCUT2D eigenvalue weighted by Crippen LogP contribution is -2.17. The first kappa shape index (κ1) is 17.8. The highest BCUT2D eigenvalue weighted by molar-refractivity contribution is 5.23. The van der Waals surface area contributed by atoms with Gasteiger partial charge in [-0.05, 0) is 67.1 Å². The van der Waals surface area contributed by atoms with E-state index in [1.807, 2.05) is 0 Å². The van der Waals surface area contributed by atoms with Gasteiger partial charge in [0.2, 0.25) is 0 Å². The monoisotopic (exact) mass is 338 g/mol. The average molecular weight is 338 g/mol. The van der Waals surface area contributed by atoms with E-state index in [4.69, 9.17) is 0 Å². The molecule has 0 saturated heterocycles. The van der Waals surface area contributed by atoms with E-state index in [0.29, 0.717) is 5.56 Å². The Bertz CT molecular complexity index is 515.